The van der Waals surface area contributed by atoms with E-state index in [0.717, 1.165) is 16.9 Å². The van der Waals surface area contributed by atoms with Gasteiger partial charge in [-0.2, -0.15) is 0 Å². The molecule has 152 valence electrons. The van der Waals surface area contributed by atoms with Crippen LogP contribution in [-0.4, -0.2) is 40.4 Å². The molecule has 0 saturated heterocycles. The number of benzene rings is 2. The molecule has 1 amide bonds. The Kier molecular flexibility index (Phi) is 4.24. The molecule has 7 nitrogen and oxygen atoms in total. The lowest BCUT2D eigenvalue weighted by Gasteiger charge is -2.49. The van der Waals surface area contributed by atoms with Gasteiger partial charge >= 0.3 is 0 Å². The van der Waals surface area contributed by atoms with Crippen LogP contribution in [0.1, 0.15) is 34.1 Å². The summed E-state index contributed by atoms with van der Waals surface area (Å²) < 4.78 is 7.70. The second-order valence-corrected chi connectivity index (χ2v) is 7.49. The van der Waals surface area contributed by atoms with Gasteiger partial charge in [0.2, 0.25) is 5.43 Å². The van der Waals surface area contributed by atoms with Crippen LogP contribution in [0.3, 0.4) is 0 Å². The van der Waals surface area contributed by atoms with Crippen LogP contribution in [0.15, 0.2) is 71.7 Å². The zero-order valence-electron chi connectivity index (χ0n) is 16.4. The summed E-state index contributed by atoms with van der Waals surface area (Å²) in [5, 5.41) is 12.5. The minimum absolute atomic E-state index is 0.0267. The molecule has 2 aliphatic rings. The topological polar surface area (TPSA) is 75.0 Å². The molecular weight excluding hydrogens is 382 g/mol. The number of fused-ring (bicyclic) bond motifs is 4. The predicted molar refractivity (Wildman–Crippen MR) is 111 cm³/mol. The first kappa shape index (κ1) is 18.3. The molecule has 2 aliphatic heterocycles. The van der Waals surface area contributed by atoms with E-state index >= 15 is 0 Å². The molecule has 3 aromatic rings. The average molecular weight is 403 g/mol. The van der Waals surface area contributed by atoms with Gasteiger partial charge in [-0.25, -0.2) is 0 Å². The van der Waals surface area contributed by atoms with Gasteiger partial charge in [0.1, 0.15) is 18.0 Å². The van der Waals surface area contributed by atoms with Crippen LogP contribution >= 0.6 is 0 Å². The van der Waals surface area contributed by atoms with Crippen molar-refractivity contribution in [3.05, 3.63) is 93.9 Å². The van der Waals surface area contributed by atoms with Crippen LogP contribution in [0.5, 0.6) is 11.5 Å². The van der Waals surface area contributed by atoms with Crippen molar-refractivity contribution >= 4 is 5.91 Å². The molecule has 2 aromatic carbocycles. The molecule has 1 aromatic heterocycles. The summed E-state index contributed by atoms with van der Waals surface area (Å²) in [5.41, 5.74) is 1.35. The van der Waals surface area contributed by atoms with Gasteiger partial charge < -0.3 is 14.7 Å². The maximum Gasteiger partial charge on any atom is 0.277 e. The number of rotatable bonds is 1. The minimum Gasteiger partial charge on any atom is -0.502 e. The highest BCUT2D eigenvalue weighted by molar-refractivity contribution is 5.96. The van der Waals surface area contributed by atoms with Crippen LogP contribution in [-0.2, 0) is 0 Å². The molecule has 0 radical (unpaired) electrons. The fraction of sp³-hybridized carbons (Fsp3) is 0.217. The Balaban J connectivity index is 1.83. The number of amides is 1. The van der Waals surface area contributed by atoms with Gasteiger partial charge in [-0.15, -0.1) is 0 Å². The van der Waals surface area contributed by atoms with E-state index < -0.39 is 17.1 Å². The number of aromatic nitrogens is 1. The van der Waals surface area contributed by atoms with Crippen LogP contribution in [0.25, 0.3) is 0 Å². The van der Waals surface area contributed by atoms with Crippen molar-refractivity contribution in [2.75, 3.05) is 18.7 Å². The van der Waals surface area contributed by atoms with E-state index in [1.165, 1.54) is 6.07 Å². The largest absolute Gasteiger partial charge is 0.502 e. The van der Waals surface area contributed by atoms with E-state index in [1.54, 1.807) is 22.8 Å². The average Bonchev–Trinajstić information content (AvgIpc) is 2.75. The normalized spacial score (nSPS) is 20.4. The lowest BCUT2D eigenvalue weighted by molar-refractivity contribution is 0.0573. The van der Waals surface area contributed by atoms with Crippen LogP contribution < -0.4 is 15.2 Å². The van der Waals surface area contributed by atoms with Crippen molar-refractivity contribution in [2.45, 2.75) is 18.6 Å². The highest BCUT2D eigenvalue weighted by atomic mass is 16.5. The third kappa shape index (κ3) is 2.66. The Labute approximate surface area is 173 Å². The van der Waals surface area contributed by atoms with Gasteiger partial charge in [0.25, 0.3) is 5.91 Å². The second-order valence-electron chi connectivity index (χ2n) is 7.49. The number of carbonyl (C=O) groups excluding carboxylic acids is 1. The van der Waals surface area contributed by atoms with Gasteiger partial charge in [-0.05, 0) is 11.6 Å². The van der Waals surface area contributed by atoms with E-state index in [-0.39, 0.29) is 17.9 Å². The fourth-order valence-corrected chi connectivity index (χ4v) is 4.38. The molecule has 1 N–H and O–H groups in total. The van der Waals surface area contributed by atoms with Crippen molar-refractivity contribution in [2.24, 2.45) is 0 Å². The lowest BCUT2D eigenvalue weighted by Crippen LogP contribution is -2.62. The minimum atomic E-state index is -0.575. The van der Waals surface area contributed by atoms with E-state index in [2.05, 4.69) is 0 Å². The highest BCUT2D eigenvalue weighted by Gasteiger charge is 2.43. The molecule has 0 spiro atoms. The van der Waals surface area contributed by atoms with E-state index in [0.29, 0.717) is 13.0 Å². The standard InChI is InChI=1S/C23H21N3O4/c1-24-19-12-14-30-18-10-6-5-9-16(18)20(15-7-3-2-4-8-15)26(19)25-13-11-17(27)22(28)21(25)23(24)29/h2-11,13,19-20,28H,12,14H2,1H3/t19-,20-/m1/s1. The van der Waals surface area contributed by atoms with Crippen molar-refractivity contribution in [3.63, 3.8) is 0 Å². The predicted octanol–water partition coefficient (Wildman–Crippen LogP) is 2.48. The zero-order valence-corrected chi connectivity index (χ0v) is 16.4. The van der Waals surface area contributed by atoms with Crippen molar-refractivity contribution in [3.8, 4) is 11.5 Å². The number of nitrogens with zero attached hydrogens (tertiary/aromatic N) is 3. The monoisotopic (exact) mass is 403 g/mol. The Morgan fingerprint density at radius 3 is 2.53 bits per heavy atom. The van der Waals surface area contributed by atoms with Crippen LogP contribution in [0, 0.1) is 0 Å². The van der Waals surface area contributed by atoms with E-state index in [9.17, 15) is 14.7 Å². The van der Waals surface area contributed by atoms with Gasteiger partial charge in [0.05, 0.1) is 6.61 Å². The molecule has 0 fully saturated rings. The van der Waals surface area contributed by atoms with E-state index in [1.807, 2.05) is 59.6 Å². The first-order chi connectivity index (χ1) is 14.6. The number of aromatic hydroxyl groups is 1. The summed E-state index contributed by atoms with van der Waals surface area (Å²) in [6.45, 7) is 0.429. The van der Waals surface area contributed by atoms with Gasteiger partial charge in [-0.1, -0.05) is 48.5 Å². The molecule has 7 heteroatoms. The number of para-hydroxylation sites is 1. The van der Waals surface area contributed by atoms with Crippen molar-refractivity contribution < 1.29 is 14.6 Å². The zero-order chi connectivity index (χ0) is 20.8. The SMILES string of the molecule is CN1C(=O)c2c(O)c(=O)ccn2N2[C@H](c3ccccc3)c3ccccc3OCC[C@H]12. The molecule has 0 aliphatic carbocycles. The Hall–Kier alpha value is -3.74. The highest BCUT2D eigenvalue weighted by Crippen LogP contribution is 2.40. The second kappa shape index (κ2) is 6.95. The Morgan fingerprint density at radius 1 is 1.00 bits per heavy atom. The molecule has 5 rings (SSSR count). The third-order valence-electron chi connectivity index (χ3n) is 5.81. The summed E-state index contributed by atoms with van der Waals surface area (Å²) in [7, 11) is 1.69. The molecule has 30 heavy (non-hydrogen) atoms. The lowest BCUT2D eigenvalue weighted by atomic mass is 9.95. The number of carbonyl (C=O) groups is 1. The Morgan fingerprint density at radius 2 is 1.73 bits per heavy atom. The smallest absolute Gasteiger partial charge is 0.277 e. The summed E-state index contributed by atoms with van der Waals surface area (Å²) in [5.74, 6) is -0.158. The molecular formula is C23H21N3O4. The van der Waals surface area contributed by atoms with Gasteiger partial charge in [0.15, 0.2) is 11.4 Å². The molecule has 0 saturated carbocycles. The number of ether oxygens (including phenoxy) is 1. The first-order valence-electron chi connectivity index (χ1n) is 9.85. The van der Waals surface area contributed by atoms with Crippen LogP contribution in [0.2, 0.25) is 0 Å². The fourth-order valence-electron chi connectivity index (χ4n) is 4.38. The van der Waals surface area contributed by atoms with Gasteiger partial charge in [0, 0.05) is 31.3 Å². The number of pyridine rings is 1. The summed E-state index contributed by atoms with van der Waals surface area (Å²) in [6, 6.07) is 18.8. The molecule has 0 unspecified atom stereocenters. The van der Waals surface area contributed by atoms with E-state index in [4.69, 9.17) is 4.74 Å². The summed E-state index contributed by atoms with van der Waals surface area (Å²) in [6.07, 6.45) is 1.80. The van der Waals surface area contributed by atoms with Crippen molar-refractivity contribution in [1.82, 2.24) is 9.58 Å². The van der Waals surface area contributed by atoms with Crippen LogP contribution in [0.4, 0.5) is 0 Å². The molecule has 2 atom stereocenters. The van der Waals surface area contributed by atoms with Crippen molar-refractivity contribution in [1.29, 1.82) is 0 Å². The quantitative estimate of drug-likeness (QED) is 0.676. The summed E-state index contributed by atoms with van der Waals surface area (Å²) in [4.78, 5) is 26.7. The maximum atomic E-state index is 13.1. The Bertz CT molecular complexity index is 1170. The first-order valence-corrected chi connectivity index (χ1v) is 9.85. The number of hydrogen-bond donors (Lipinski definition) is 1. The molecule has 3 heterocycles. The summed E-state index contributed by atoms with van der Waals surface area (Å²) >= 11 is 0. The maximum absolute atomic E-state index is 13.1. The third-order valence-corrected chi connectivity index (χ3v) is 5.81. The number of hydrogen-bond acceptors (Lipinski definition) is 5. The molecule has 0 bridgehead atoms. The van der Waals surface area contributed by atoms with Gasteiger partial charge in [-0.3, -0.25) is 19.3 Å².